The van der Waals surface area contributed by atoms with Crippen LogP contribution in [0.4, 0.5) is 10.6 Å². The fourth-order valence-corrected chi connectivity index (χ4v) is 4.00. The van der Waals surface area contributed by atoms with Crippen LogP contribution in [-0.4, -0.2) is 47.9 Å². The average Bonchev–Trinajstić information content (AvgIpc) is 3.06. The summed E-state index contributed by atoms with van der Waals surface area (Å²) in [5.74, 6) is 0.437. The van der Waals surface area contributed by atoms with E-state index >= 15 is 0 Å². The Hall–Kier alpha value is -3.10. The van der Waals surface area contributed by atoms with Crippen molar-refractivity contribution >= 4 is 29.6 Å². The second-order valence-corrected chi connectivity index (χ2v) is 8.89. The van der Waals surface area contributed by atoms with Gasteiger partial charge in [-0.15, -0.1) is 0 Å². The number of pyridine rings is 1. The van der Waals surface area contributed by atoms with Crippen molar-refractivity contribution in [1.82, 2.24) is 20.9 Å². The second-order valence-electron chi connectivity index (χ2n) is 8.89. The first kappa shape index (κ1) is 22.6. The molecule has 168 valence electrons. The molecule has 1 aromatic rings. The van der Waals surface area contributed by atoms with Crippen LogP contribution in [0, 0.1) is 5.41 Å². The van der Waals surface area contributed by atoms with Crippen LogP contribution < -0.4 is 21.3 Å². The topological polar surface area (TPSA) is 128 Å². The molecule has 3 rings (SSSR count). The molecule has 1 aliphatic heterocycles. The van der Waals surface area contributed by atoms with Gasteiger partial charge in [0.1, 0.15) is 11.4 Å². The van der Waals surface area contributed by atoms with Crippen LogP contribution in [-0.2, 0) is 11.3 Å². The van der Waals surface area contributed by atoms with E-state index in [0.717, 1.165) is 31.2 Å². The molecule has 1 unspecified atom stereocenters. The highest BCUT2D eigenvalue weighted by atomic mass is 16.6. The molecule has 5 N–H and O–H groups in total. The summed E-state index contributed by atoms with van der Waals surface area (Å²) < 4.78 is 5.42. The van der Waals surface area contributed by atoms with Gasteiger partial charge in [0.2, 0.25) is 0 Å². The third kappa shape index (κ3) is 5.53. The van der Waals surface area contributed by atoms with E-state index in [0.29, 0.717) is 29.2 Å². The Bertz CT molecular complexity index is 890. The lowest BCUT2D eigenvalue weighted by atomic mass is 9.90. The van der Waals surface area contributed by atoms with Gasteiger partial charge in [-0.2, -0.15) is 0 Å². The predicted molar refractivity (Wildman–Crippen MR) is 120 cm³/mol. The number of fused-ring (bicyclic) bond motifs is 1. The molecule has 9 nitrogen and oxygen atoms in total. The Morgan fingerprint density at radius 2 is 2.00 bits per heavy atom. The quantitative estimate of drug-likeness (QED) is 0.443. The minimum Gasteiger partial charge on any atom is -0.444 e. The molecule has 1 aliphatic carbocycles. The first-order valence-corrected chi connectivity index (χ1v) is 10.7. The van der Waals surface area contributed by atoms with Crippen LogP contribution in [0.5, 0.6) is 0 Å². The molecule has 1 fully saturated rings. The van der Waals surface area contributed by atoms with E-state index in [1.165, 1.54) is 6.21 Å². The van der Waals surface area contributed by atoms with Crippen molar-refractivity contribution in [3.05, 3.63) is 29.1 Å². The molecular formula is C22H32N6O3. The molecule has 2 heterocycles. The van der Waals surface area contributed by atoms with Crippen LogP contribution in [0.2, 0.25) is 0 Å². The van der Waals surface area contributed by atoms with Gasteiger partial charge in [0.05, 0.1) is 17.3 Å². The highest BCUT2D eigenvalue weighted by Gasteiger charge is 2.30. The number of rotatable bonds is 6. The molecule has 31 heavy (non-hydrogen) atoms. The number of amides is 2. The molecule has 0 saturated heterocycles. The van der Waals surface area contributed by atoms with Crippen molar-refractivity contribution < 1.29 is 14.3 Å². The van der Waals surface area contributed by atoms with Crippen LogP contribution in [0.15, 0.2) is 12.3 Å². The van der Waals surface area contributed by atoms with Gasteiger partial charge in [0.25, 0.3) is 5.91 Å². The number of carbonyl (C=O) groups excluding carboxylic acids is 2. The molecule has 2 atom stereocenters. The van der Waals surface area contributed by atoms with Gasteiger partial charge < -0.3 is 31.4 Å². The van der Waals surface area contributed by atoms with Gasteiger partial charge in [0.15, 0.2) is 0 Å². The summed E-state index contributed by atoms with van der Waals surface area (Å²) in [7, 11) is 1.74. The maximum absolute atomic E-state index is 12.3. The lowest BCUT2D eigenvalue weighted by molar-refractivity contribution is 0.0488. The van der Waals surface area contributed by atoms with Crippen molar-refractivity contribution in [2.24, 2.45) is 0 Å². The predicted octanol–water partition coefficient (Wildman–Crippen LogP) is 2.78. The average molecular weight is 429 g/mol. The smallest absolute Gasteiger partial charge is 0.407 e. The van der Waals surface area contributed by atoms with Gasteiger partial charge in [-0.1, -0.05) is 12.8 Å². The summed E-state index contributed by atoms with van der Waals surface area (Å²) in [4.78, 5) is 29.3. The molecule has 9 heteroatoms. The molecule has 0 spiro atoms. The summed E-state index contributed by atoms with van der Waals surface area (Å²) in [6, 6.07) is 1.77. The van der Waals surface area contributed by atoms with Crippen molar-refractivity contribution in [2.75, 3.05) is 12.4 Å². The van der Waals surface area contributed by atoms with Crippen LogP contribution in [0.25, 0.3) is 5.57 Å². The van der Waals surface area contributed by atoms with E-state index in [9.17, 15) is 9.59 Å². The van der Waals surface area contributed by atoms with Crippen molar-refractivity contribution in [1.29, 1.82) is 5.41 Å². The second kappa shape index (κ2) is 9.36. The van der Waals surface area contributed by atoms with Gasteiger partial charge in [-0.25, -0.2) is 9.78 Å². The number of nitrogens with one attached hydrogen (secondary N) is 5. The first-order valence-electron chi connectivity index (χ1n) is 10.7. The third-order valence-corrected chi connectivity index (χ3v) is 5.30. The Labute approximate surface area is 182 Å². The Morgan fingerprint density at radius 3 is 2.65 bits per heavy atom. The molecular weight excluding hydrogens is 396 g/mol. The van der Waals surface area contributed by atoms with E-state index in [4.69, 9.17) is 10.1 Å². The zero-order chi connectivity index (χ0) is 22.6. The normalized spacial score (nSPS) is 21.0. The van der Waals surface area contributed by atoms with Crippen LogP contribution in [0.1, 0.15) is 68.1 Å². The summed E-state index contributed by atoms with van der Waals surface area (Å²) in [6.45, 7) is 5.95. The Morgan fingerprint density at radius 1 is 1.29 bits per heavy atom. The molecule has 1 aromatic heterocycles. The number of hydrogen-bond donors (Lipinski definition) is 5. The molecule has 0 radical (unpaired) electrons. The fraction of sp³-hybridized carbons (Fsp3) is 0.545. The number of carbonyl (C=O) groups is 2. The monoisotopic (exact) mass is 428 g/mol. The highest BCUT2D eigenvalue weighted by molar-refractivity contribution is 6.13. The molecule has 1 saturated carbocycles. The largest absolute Gasteiger partial charge is 0.444 e. The minimum absolute atomic E-state index is 0.0126. The summed E-state index contributed by atoms with van der Waals surface area (Å²) >= 11 is 0. The number of allylic oxidation sites excluding steroid dienone is 1. The summed E-state index contributed by atoms with van der Waals surface area (Å²) in [5.41, 5.74) is 1.77. The van der Waals surface area contributed by atoms with E-state index < -0.39 is 11.7 Å². The lowest BCUT2D eigenvalue weighted by Crippen LogP contribution is -2.49. The van der Waals surface area contributed by atoms with E-state index in [1.807, 2.05) is 26.8 Å². The standard InChI is InChI=1S/C22H32N6O3/c1-22(2,3)31-21(30)27-16-8-6-5-7-15(16)26-17-9-13-12-25-20(29)18(13)19(28-17)14(10-23)11-24-4/h9-11,15-16,23-24H,5-8,12H2,1-4H3,(H,25,29)(H,26,28)(H,27,30)/b14-11+,23-10?/t15?,16-/m0/s1. The lowest BCUT2D eigenvalue weighted by Gasteiger charge is -2.34. The first-order chi connectivity index (χ1) is 14.7. The van der Waals surface area contributed by atoms with Crippen molar-refractivity contribution in [3.63, 3.8) is 0 Å². The Kier molecular flexibility index (Phi) is 6.82. The van der Waals surface area contributed by atoms with Gasteiger partial charge in [0, 0.05) is 37.6 Å². The highest BCUT2D eigenvalue weighted by Crippen LogP contribution is 2.28. The van der Waals surface area contributed by atoms with Crippen molar-refractivity contribution in [2.45, 2.75) is 70.7 Å². The minimum atomic E-state index is -0.555. The fourth-order valence-electron chi connectivity index (χ4n) is 4.00. The van der Waals surface area contributed by atoms with E-state index in [2.05, 4.69) is 26.3 Å². The number of alkyl carbamates (subject to hydrolysis) is 1. The van der Waals surface area contributed by atoms with Gasteiger partial charge in [-0.3, -0.25) is 4.79 Å². The summed E-state index contributed by atoms with van der Waals surface area (Å²) in [6.07, 6.45) is 6.22. The molecule has 2 aliphatic rings. The van der Waals surface area contributed by atoms with E-state index in [1.54, 1.807) is 13.2 Å². The maximum Gasteiger partial charge on any atom is 0.407 e. The third-order valence-electron chi connectivity index (χ3n) is 5.30. The zero-order valence-electron chi connectivity index (χ0n) is 18.6. The molecule has 2 amide bonds. The van der Waals surface area contributed by atoms with E-state index in [-0.39, 0.29) is 18.0 Å². The zero-order valence-corrected chi connectivity index (χ0v) is 18.6. The summed E-state index contributed by atoms with van der Waals surface area (Å²) in [5, 5.41) is 19.9. The van der Waals surface area contributed by atoms with Crippen LogP contribution in [0.3, 0.4) is 0 Å². The number of hydrogen-bond acceptors (Lipinski definition) is 7. The van der Waals surface area contributed by atoms with Gasteiger partial charge >= 0.3 is 6.09 Å². The SMILES string of the molecule is CN/C=C(\C=N)c1nc(NC2CCCC[C@@H]2NC(=O)OC(C)(C)C)cc2c1C(=O)NC2. The number of nitrogens with zero attached hydrogens (tertiary/aromatic N) is 1. The molecule has 0 aromatic carbocycles. The van der Waals surface area contributed by atoms with Gasteiger partial charge in [-0.05, 0) is 45.2 Å². The number of ether oxygens (including phenoxy) is 1. The van der Waals surface area contributed by atoms with Crippen molar-refractivity contribution in [3.8, 4) is 0 Å². The number of anilines is 1. The Balaban J connectivity index is 1.85. The maximum atomic E-state index is 12.3. The van der Waals surface area contributed by atoms with Crippen LogP contribution >= 0.6 is 0 Å². The molecule has 0 bridgehead atoms. The number of aromatic nitrogens is 1.